The summed E-state index contributed by atoms with van der Waals surface area (Å²) >= 11 is 0. The number of hydrogen-bond acceptors (Lipinski definition) is 6. The van der Waals surface area contributed by atoms with Gasteiger partial charge in [-0.1, -0.05) is 78.1 Å². The Morgan fingerprint density at radius 2 is 1.09 bits per heavy atom. The Labute approximate surface area is 210 Å². The predicted molar refractivity (Wildman–Crippen MR) is 138 cm³/mol. The van der Waals surface area contributed by atoms with Crippen molar-refractivity contribution in [3.05, 3.63) is 0 Å². The zero-order valence-electron chi connectivity index (χ0n) is 23.2. The number of hydrogen-bond donors (Lipinski definition) is 1. The molecule has 2 heterocycles. The van der Waals surface area contributed by atoms with E-state index in [-0.39, 0.29) is 18.2 Å². The molecule has 2 aliphatic rings. The summed E-state index contributed by atoms with van der Waals surface area (Å²) in [4.78, 5) is 2.48. The first-order chi connectivity index (χ1) is 16.2. The molecule has 34 heavy (non-hydrogen) atoms. The third-order valence-electron chi connectivity index (χ3n) is 7.19. The van der Waals surface area contributed by atoms with E-state index in [1.165, 1.54) is 64.2 Å². The molecule has 4 atom stereocenters. The second-order valence-corrected chi connectivity index (χ2v) is 11.3. The summed E-state index contributed by atoms with van der Waals surface area (Å²) < 4.78 is 24.2. The van der Waals surface area contributed by atoms with Crippen molar-refractivity contribution in [1.29, 1.82) is 0 Å². The maximum Gasteiger partial charge on any atom is 0.163 e. The van der Waals surface area contributed by atoms with Gasteiger partial charge in [-0.3, -0.25) is 4.90 Å². The molecular weight excluding hydrogens is 430 g/mol. The number of nitrogens with zero attached hydrogens (tertiary/aromatic N) is 1. The lowest BCUT2D eigenvalue weighted by atomic mass is 9.97. The van der Waals surface area contributed by atoms with Crippen molar-refractivity contribution in [3.63, 3.8) is 0 Å². The van der Waals surface area contributed by atoms with E-state index in [0.29, 0.717) is 13.2 Å². The number of rotatable bonds is 18. The van der Waals surface area contributed by atoms with Crippen LogP contribution in [0.15, 0.2) is 0 Å². The highest BCUT2D eigenvalue weighted by atomic mass is 16.8. The Hall–Kier alpha value is -0.240. The van der Waals surface area contributed by atoms with Crippen molar-refractivity contribution in [2.75, 3.05) is 26.3 Å². The summed E-state index contributed by atoms with van der Waals surface area (Å²) in [6, 6.07) is -0.171. The van der Waals surface area contributed by atoms with Gasteiger partial charge in [0, 0.05) is 0 Å². The number of aliphatic hydroxyl groups excluding tert-OH is 1. The van der Waals surface area contributed by atoms with E-state index in [0.717, 1.165) is 25.9 Å². The molecule has 0 aromatic heterocycles. The smallest absolute Gasteiger partial charge is 0.163 e. The molecule has 0 unspecified atom stereocenters. The molecular formula is C28H55NO5. The zero-order chi connectivity index (χ0) is 25.0. The van der Waals surface area contributed by atoms with Gasteiger partial charge in [-0.05, 0) is 53.6 Å². The topological polar surface area (TPSA) is 60.4 Å². The van der Waals surface area contributed by atoms with Gasteiger partial charge < -0.3 is 24.1 Å². The highest BCUT2D eigenvalue weighted by molar-refractivity contribution is 4.95. The van der Waals surface area contributed by atoms with E-state index in [9.17, 15) is 5.11 Å². The molecule has 0 bridgehead atoms. The van der Waals surface area contributed by atoms with Crippen molar-refractivity contribution >= 4 is 0 Å². The van der Waals surface area contributed by atoms with Crippen LogP contribution < -0.4 is 0 Å². The summed E-state index contributed by atoms with van der Waals surface area (Å²) in [5.41, 5.74) is 0. The lowest BCUT2D eigenvalue weighted by Crippen LogP contribution is -2.57. The lowest BCUT2D eigenvalue weighted by Gasteiger charge is -2.40. The molecule has 202 valence electrons. The first-order valence-electron chi connectivity index (χ1n) is 14.2. The van der Waals surface area contributed by atoms with Gasteiger partial charge in [0.1, 0.15) is 18.3 Å². The number of aliphatic hydroxyl groups is 1. The van der Waals surface area contributed by atoms with Gasteiger partial charge in [0.15, 0.2) is 11.6 Å². The first-order valence-corrected chi connectivity index (χ1v) is 14.2. The second kappa shape index (κ2) is 15.1. The first kappa shape index (κ1) is 30.0. The molecule has 2 fully saturated rings. The SMILES string of the molecule is CCCCCCCCN(CCCCCCCC)[C@H]([C@H](O)[C@H]1COC(C)(C)O1)[C@H]1COC(C)(C)O1. The van der Waals surface area contributed by atoms with Crippen LogP contribution in [-0.4, -0.2) is 72.2 Å². The van der Waals surface area contributed by atoms with Gasteiger partial charge >= 0.3 is 0 Å². The maximum absolute atomic E-state index is 11.6. The fourth-order valence-electron chi connectivity index (χ4n) is 5.26. The van der Waals surface area contributed by atoms with Crippen LogP contribution in [0.1, 0.15) is 119 Å². The minimum Gasteiger partial charge on any atom is -0.389 e. The Morgan fingerprint density at radius 3 is 1.50 bits per heavy atom. The molecule has 0 aromatic carbocycles. The van der Waals surface area contributed by atoms with E-state index in [1.807, 2.05) is 27.7 Å². The van der Waals surface area contributed by atoms with Crippen LogP contribution >= 0.6 is 0 Å². The van der Waals surface area contributed by atoms with E-state index in [1.54, 1.807) is 0 Å². The van der Waals surface area contributed by atoms with Crippen LogP contribution in [-0.2, 0) is 18.9 Å². The van der Waals surface area contributed by atoms with E-state index >= 15 is 0 Å². The highest BCUT2D eigenvalue weighted by Crippen LogP contribution is 2.32. The molecule has 2 aliphatic heterocycles. The Kier molecular flexibility index (Phi) is 13.3. The van der Waals surface area contributed by atoms with Gasteiger partial charge in [-0.25, -0.2) is 0 Å². The minimum atomic E-state index is -0.690. The van der Waals surface area contributed by atoms with Gasteiger partial charge in [-0.2, -0.15) is 0 Å². The maximum atomic E-state index is 11.6. The summed E-state index contributed by atoms with van der Waals surface area (Å²) in [7, 11) is 0. The molecule has 0 spiro atoms. The second-order valence-electron chi connectivity index (χ2n) is 11.3. The molecule has 0 radical (unpaired) electrons. The van der Waals surface area contributed by atoms with Crippen molar-refractivity contribution in [1.82, 2.24) is 4.90 Å². The van der Waals surface area contributed by atoms with E-state index < -0.39 is 17.7 Å². The molecule has 0 saturated carbocycles. The average Bonchev–Trinajstić information content (AvgIpc) is 3.33. The molecule has 2 rings (SSSR count). The standard InChI is InChI=1S/C28H55NO5/c1-7-9-11-13-15-17-19-29(20-18-16-14-12-10-8-2)25(23-21-31-27(3,4)33-23)26(30)24-22-32-28(5,6)34-24/h23-26,30H,7-22H2,1-6H3/t23-,24-,25+,26-/m1/s1. The summed E-state index contributed by atoms with van der Waals surface area (Å²) in [5.74, 6) is -1.28. The van der Waals surface area contributed by atoms with Crippen LogP contribution in [0.4, 0.5) is 0 Å². The molecule has 6 nitrogen and oxygen atoms in total. The van der Waals surface area contributed by atoms with Gasteiger partial charge in [0.05, 0.1) is 19.3 Å². The molecule has 2 saturated heterocycles. The van der Waals surface area contributed by atoms with Crippen molar-refractivity contribution in [2.45, 2.75) is 155 Å². The quantitative estimate of drug-likeness (QED) is 0.239. The molecule has 1 N–H and O–H groups in total. The average molecular weight is 486 g/mol. The van der Waals surface area contributed by atoms with Crippen molar-refractivity contribution < 1.29 is 24.1 Å². The normalized spacial score (nSPS) is 25.8. The summed E-state index contributed by atoms with van der Waals surface area (Å²) in [5, 5.41) is 11.6. The molecule has 6 heteroatoms. The fraction of sp³-hybridized carbons (Fsp3) is 1.00. The lowest BCUT2D eigenvalue weighted by molar-refractivity contribution is -0.175. The van der Waals surface area contributed by atoms with Crippen LogP contribution in [0.2, 0.25) is 0 Å². The zero-order valence-corrected chi connectivity index (χ0v) is 23.2. The van der Waals surface area contributed by atoms with Crippen molar-refractivity contribution in [2.24, 2.45) is 0 Å². The fourth-order valence-corrected chi connectivity index (χ4v) is 5.26. The molecule has 0 amide bonds. The third kappa shape index (κ3) is 10.4. The highest BCUT2D eigenvalue weighted by Gasteiger charge is 2.47. The van der Waals surface area contributed by atoms with Gasteiger partial charge in [0.2, 0.25) is 0 Å². The monoisotopic (exact) mass is 485 g/mol. The van der Waals surface area contributed by atoms with E-state index in [4.69, 9.17) is 18.9 Å². The Balaban J connectivity index is 2.07. The van der Waals surface area contributed by atoms with Crippen LogP contribution in [0.3, 0.4) is 0 Å². The number of ether oxygens (including phenoxy) is 4. The summed E-state index contributed by atoms with van der Waals surface area (Å²) in [6.45, 7) is 15.1. The Morgan fingerprint density at radius 1 is 0.676 bits per heavy atom. The molecule has 0 aromatic rings. The van der Waals surface area contributed by atoms with Crippen LogP contribution in [0.25, 0.3) is 0 Å². The summed E-state index contributed by atoms with van der Waals surface area (Å²) in [6.07, 6.45) is 13.9. The Bertz CT molecular complexity index is 525. The number of unbranched alkanes of at least 4 members (excludes halogenated alkanes) is 10. The third-order valence-corrected chi connectivity index (χ3v) is 7.19. The minimum absolute atomic E-state index is 0.171. The van der Waals surface area contributed by atoms with Crippen molar-refractivity contribution in [3.8, 4) is 0 Å². The van der Waals surface area contributed by atoms with Crippen LogP contribution in [0, 0.1) is 0 Å². The largest absolute Gasteiger partial charge is 0.389 e. The predicted octanol–water partition coefficient (Wildman–Crippen LogP) is 6.04. The molecule has 0 aliphatic carbocycles. The van der Waals surface area contributed by atoms with Crippen LogP contribution in [0.5, 0.6) is 0 Å². The van der Waals surface area contributed by atoms with Gasteiger partial charge in [-0.15, -0.1) is 0 Å². The van der Waals surface area contributed by atoms with Gasteiger partial charge in [0.25, 0.3) is 0 Å². The van der Waals surface area contributed by atoms with E-state index in [2.05, 4.69) is 18.7 Å².